The number of hydrogen-bond donors (Lipinski definition) is 3. The number of imidazole rings is 1. The molecule has 2 amide bonds. The van der Waals surface area contributed by atoms with E-state index in [2.05, 4.69) is 20.6 Å². The standard InChI is InChI=1S/C30H45N5O3/c1-19(2)23(18-21(5)24(36)26-32-16-17-33-26)35(10)28(38)30(8,20(3)4)34-27(37)25(31-9)29(6,7)22-14-12-11-13-15-22/h11-20,23,25,31H,1-10H3,(H,32,33)(H,34,37)/b21-18+/t23-,25-,30+/m1/s1. The quantitative estimate of drug-likeness (QED) is 0.287. The van der Waals surface area contributed by atoms with Gasteiger partial charge in [0.25, 0.3) is 0 Å². The van der Waals surface area contributed by atoms with E-state index in [9.17, 15) is 14.4 Å². The van der Waals surface area contributed by atoms with Gasteiger partial charge in [0.1, 0.15) is 5.54 Å². The van der Waals surface area contributed by atoms with E-state index in [1.54, 1.807) is 39.0 Å². The minimum absolute atomic E-state index is 0.0254. The maximum atomic E-state index is 14.1. The maximum Gasteiger partial charge on any atom is 0.248 e. The van der Waals surface area contributed by atoms with Crippen molar-refractivity contribution in [1.82, 2.24) is 25.5 Å². The first-order chi connectivity index (χ1) is 17.7. The number of rotatable bonds is 12. The maximum absolute atomic E-state index is 14.1. The Kier molecular flexibility index (Phi) is 10.2. The summed E-state index contributed by atoms with van der Waals surface area (Å²) in [7, 11) is 3.48. The van der Waals surface area contributed by atoms with Crippen LogP contribution in [0.4, 0.5) is 0 Å². The Labute approximate surface area is 227 Å². The summed E-state index contributed by atoms with van der Waals surface area (Å²) in [6.45, 7) is 15.4. The van der Waals surface area contributed by atoms with E-state index in [0.717, 1.165) is 5.56 Å². The molecule has 2 aromatic rings. The zero-order valence-electron chi connectivity index (χ0n) is 24.5. The summed E-state index contributed by atoms with van der Waals surface area (Å²) in [4.78, 5) is 49.1. The lowest BCUT2D eigenvalue weighted by atomic mass is 9.76. The summed E-state index contributed by atoms with van der Waals surface area (Å²) >= 11 is 0. The fourth-order valence-corrected chi connectivity index (χ4v) is 4.79. The Hall–Kier alpha value is -3.26. The van der Waals surface area contributed by atoms with Crippen LogP contribution in [-0.2, 0) is 15.0 Å². The summed E-state index contributed by atoms with van der Waals surface area (Å²) in [5.41, 5.74) is -0.188. The van der Waals surface area contributed by atoms with Gasteiger partial charge >= 0.3 is 0 Å². The molecule has 3 N–H and O–H groups in total. The van der Waals surface area contributed by atoms with Crippen LogP contribution in [0.1, 0.15) is 71.6 Å². The summed E-state index contributed by atoms with van der Waals surface area (Å²) in [5, 5.41) is 6.27. The van der Waals surface area contributed by atoms with Crippen LogP contribution in [0.25, 0.3) is 0 Å². The second-order valence-electron chi connectivity index (χ2n) is 11.4. The van der Waals surface area contributed by atoms with Crippen LogP contribution in [0.15, 0.2) is 54.4 Å². The SMILES string of the molecule is CN[C@H](C(=O)N[C@](C)(C(=O)N(C)[C@H](/C=C(\C)C(=O)c1ncc[nH]1)C(C)C)C(C)C)C(C)(C)c1ccccc1. The predicted octanol–water partition coefficient (Wildman–Crippen LogP) is 4.12. The number of allylic oxidation sites excluding steroid dienone is 1. The molecule has 0 unspecified atom stereocenters. The molecule has 208 valence electrons. The average Bonchev–Trinajstić information content (AvgIpc) is 3.41. The van der Waals surface area contributed by atoms with E-state index in [-0.39, 0.29) is 41.3 Å². The molecule has 0 fully saturated rings. The van der Waals surface area contributed by atoms with Crippen molar-refractivity contribution >= 4 is 17.6 Å². The van der Waals surface area contributed by atoms with E-state index >= 15 is 0 Å². The number of ketones is 1. The van der Waals surface area contributed by atoms with Gasteiger partial charge in [-0.05, 0) is 43.9 Å². The van der Waals surface area contributed by atoms with Gasteiger partial charge in [0.2, 0.25) is 17.6 Å². The van der Waals surface area contributed by atoms with E-state index < -0.39 is 17.0 Å². The number of amides is 2. The third kappa shape index (κ3) is 6.59. The first kappa shape index (κ1) is 31.0. The Balaban J connectivity index is 2.36. The van der Waals surface area contributed by atoms with Crippen molar-refractivity contribution in [1.29, 1.82) is 0 Å². The minimum atomic E-state index is -1.17. The molecule has 3 atom stereocenters. The van der Waals surface area contributed by atoms with Crippen molar-refractivity contribution in [2.75, 3.05) is 14.1 Å². The molecule has 2 rings (SSSR count). The van der Waals surface area contributed by atoms with Gasteiger partial charge in [0.05, 0.1) is 12.1 Å². The molecule has 1 aromatic carbocycles. The lowest BCUT2D eigenvalue weighted by Crippen LogP contribution is -2.66. The average molecular weight is 524 g/mol. The molecule has 38 heavy (non-hydrogen) atoms. The predicted molar refractivity (Wildman–Crippen MR) is 152 cm³/mol. The molecular formula is C30H45N5O3. The highest BCUT2D eigenvalue weighted by Gasteiger charge is 2.45. The zero-order valence-corrected chi connectivity index (χ0v) is 24.5. The molecule has 0 saturated heterocycles. The van der Waals surface area contributed by atoms with Crippen molar-refractivity contribution in [3.63, 3.8) is 0 Å². The highest BCUT2D eigenvalue weighted by molar-refractivity contribution is 6.05. The lowest BCUT2D eigenvalue weighted by Gasteiger charge is -2.42. The number of aromatic nitrogens is 2. The number of nitrogens with one attached hydrogen (secondary N) is 3. The number of carbonyl (C=O) groups excluding carboxylic acids is 3. The van der Waals surface area contributed by atoms with Gasteiger partial charge in [-0.1, -0.05) is 78.0 Å². The number of aromatic amines is 1. The van der Waals surface area contributed by atoms with Crippen molar-refractivity contribution in [2.24, 2.45) is 11.8 Å². The lowest BCUT2D eigenvalue weighted by molar-refractivity contribution is -0.144. The van der Waals surface area contributed by atoms with Crippen LogP contribution in [0, 0.1) is 11.8 Å². The number of Topliss-reactive ketones (excluding diaryl/α,β-unsaturated/α-hetero) is 1. The van der Waals surface area contributed by atoms with E-state index in [1.807, 2.05) is 78.0 Å². The highest BCUT2D eigenvalue weighted by Crippen LogP contribution is 2.29. The number of benzene rings is 1. The third-order valence-electron chi connectivity index (χ3n) is 7.72. The van der Waals surface area contributed by atoms with Crippen LogP contribution in [0.2, 0.25) is 0 Å². The van der Waals surface area contributed by atoms with Crippen molar-refractivity contribution < 1.29 is 14.4 Å². The molecule has 0 aliphatic carbocycles. The molecular weight excluding hydrogens is 478 g/mol. The van der Waals surface area contributed by atoms with Gasteiger partial charge in [0.15, 0.2) is 5.82 Å². The number of likely N-dealkylation sites (N-methyl/N-ethyl adjacent to an activating group) is 2. The van der Waals surface area contributed by atoms with Crippen LogP contribution in [0.5, 0.6) is 0 Å². The molecule has 0 radical (unpaired) electrons. The third-order valence-corrected chi connectivity index (χ3v) is 7.72. The normalized spacial score (nSPS) is 15.6. The Morgan fingerprint density at radius 1 is 1.05 bits per heavy atom. The molecule has 1 heterocycles. The van der Waals surface area contributed by atoms with Gasteiger partial charge in [-0.2, -0.15) is 0 Å². The minimum Gasteiger partial charge on any atom is -0.342 e. The van der Waals surface area contributed by atoms with Crippen LogP contribution in [-0.4, -0.2) is 64.2 Å². The van der Waals surface area contributed by atoms with Crippen LogP contribution in [0.3, 0.4) is 0 Å². The van der Waals surface area contributed by atoms with Gasteiger partial charge in [-0.3, -0.25) is 14.4 Å². The van der Waals surface area contributed by atoms with Gasteiger partial charge < -0.3 is 20.5 Å². The van der Waals surface area contributed by atoms with Crippen molar-refractivity contribution in [2.45, 2.75) is 78.4 Å². The Morgan fingerprint density at radius 2 is 1.66 bits per heavy atom. The first-order valence-electron chi connectivity index (χ1n) is 13.2. The van der Waals surface area contributed by atoms with Crippen molar-refractivity contribution in [3.8, 4) is 0 Å². The number of carbonyl (C=O) groups is 3. The zero-order chi connectivity index (χ0) is 28.8. The highest BCUT2D eigenvalue weighted by atomic mass is 16.2. The van der Waals surface area contributed by atoms with Gasteiger partial charge in [-0.15, -0.1) is 0 Å². The topological polar surface area (TPSA) is 107 Å². The molecule has 8 heteroatoms. The largest absolute Gasteiger partial charge is 0.342 e. The Bertz CT molecular complexity index is 1120. The van der Waals surface area contributed by atoms with Gasteiger partial charge in [-0.25, -0.2) is 4.98 Å². The fourth-order valence-electron chi connectivity index (χ4n) is 4.79. The van der Waals surface area contributed by atoms with Crippen LogP contribution >= 0.6 is 0 Å². The number of H-pyrrole nitrogens is 1. The fraction of sp³-hybridized carbons (Fsp3) is 0.533. The second-order valence-corrected chi connectivity index (χ2v) is 11.4. The summed E-state index contributed by atoms with van der Waals surface area (Å²) in [5.74, 6) is -0.601. The smallest absolute Gasteiger partial charge is 0.248 e. The summed E-state index contributed by atoms with van der Waals surface area (Å²) in [6, 6.07) is 8.93. The van der Waals surface area contributed by atoms with Gasteiger partial charge in [0, 0.05) is 24.9 Å². The molecule has 0 bridgehead atoms. The molecule has 0 aliphatic rings. The molecule has 1 aromatic heterocycles. The summed E-state index contributed by atoms with van der Waals surface area (Å²) < 4.78 is 0. The van der Waals surface area contributed by atoms with Crippen LogP contribution < -0.4 is 10.6 Å². The van der Waals surface area contributed by atoms with Crippen molar-refractivity contribution in [3.05, 3.63) is 65.8 Å². The monoisotopic (exact) mass is 523 g/mol. The summed E-state index contributed by atoms with van der Waals surface area (Å²) in [6.07, 6.45) is 4.94. The number of hydrogen-bond acceptors (Lipinski definition) is 5. The second kappa shape index (κ2) is 12.5. The molecule has 0 spiro atoms. The van der Waals surface area contributed by atoms with E-state index in [1.165, 1.54) is 6.20 Å². The number of nitrogens with zero attached hydrogens (tertiary/aromatic N) is 2. The van der Waals surface area contributed by atoms with E-state index in [0.29, 0.717) is 5.57 Å². The molecule has 0 aliphatic heterocycles. The first-order valence-corrected chi connectivity index (χ1v) is 13.2. The Morgan fingerprint density at radius 3 is 2.13 bits per heavy atom. The molecule has 0 saturated carbocycles. The molecule has 8 nitrogen and oxygen atoms in total. The van der Waals surface area contributed by atoms with E-state index in [4.69, 9.17) is 0 Å².